The summed E-state index contributed by atoms with van der Waals surface area (Å²) in [4.78, 5) is 52.3. The van der Waals surface area contributed by atoms with E-state index in [4.69, 9.17) is 25.7 Å². The smallest absolute Gasteiger partial charge is 0.325 e. The number of carbonyl (C=O) groups excluding carboxylic acids is 4. The Morgan fingerprint density at radius 1 is 1.08 bits per heavy atom. The Bertz CT molecular complexity index is 1380. The van der Waals surface area contributed by atoms with E-state index >= 15 is 0 Å². The third-order valence-electron chi connectivity index (χ3n) is 5.45. The first kappa shape index (κ1) is 28.7. The predicted octanol–water partition coefficient (Wildman–Crippen LogP) is 1.61. The molecule has 1 aromatic heterocycles. The lowest BCUT2D eigenvalue weighted by Gasteiger charge is -2.31. The molecule has 3 amide bonds. The Morgan fingerprint density at radius 2 is 1.74 bits per heavy atom. The third kappa shape index (κ3) is 6.35. The van der Waals surface area contributed by atoms with E-state index in [0.29, 0.717) is 17.3 Å². The number of carbonyl (C=O) groups is 4. The quantitative estimate of drug-likeness (QED) is 0.251. The zero-order chi connectivity index (χ0) is 28.7. The van der Waals surface area contributed by atoms with Gasteiger partial charge in [-0.3, -0.25) is 24.1 Å². The van der Waals surface area contributed by atoms with Crippen LogP contribution < -0.4 is 31.2 Å². The molecule has 0 saturated carbocycles. The molecule has 0 aliphatic rings. The molecule has 6 N–H and O–H groups in total. The van der Waals surface area contributed by atoms with Crippen molar-refractivity contribution in [3.8, 4) is 17.2 Å². The highest BCUT2D eigenvalue weighted by atomic mass is 32.1. The van der Waals surface area contributed by atoms with Crippen LogP contribution in [0.25, 0.3) is 0 Å². The van der Waals surface area contributed by atoms with Crippen LogP contribution >= 0.6 is 11.5 Å². The van der Waals surface area contributed by atoms with E-state index in [-0.39, 0.29) is 45.6 Å². The van der Waals surface area contributed by atoms with E-state index < -0.39 is 36.3 Å². The van der Waals surface area contributed by atoms with Crippen molar-refractivity contribution in [1.29, 1.82) is 0 Å². The molecule has 0 unspecified atom stereocenters. The number of benzene rings is 2. The number of ether oxygens (including phenoxy) is 3. The van der Waals surface area contributed by atoms with Crippen LogP contribution in [0.3, 0.4) is 0 Å². The van der Waals surface area contributed by atoms with Gasteiger partial charge in [-0.25, -0.2) is 0 Å². The minimum atomic E-state index is -1.40. The van der Waals surface area contributed by atoms with E-state index in [1.807, 2.05) is 0 Å². The topological polar surface area (TPSA) is 196 Å². The number of amides is 3. The lowest BCUT2D eigenvalue weighted by Crippen LogP contribution is -2.45. The maximum Gasteiger partial charge on any atom is 0.325 e. The fourth-order valence-electron chi connectivity index (χ4n) is 3.64. The van der Waals surface area contributed by atoms with Gasteiger partial charge < -0.3 is 36.1 Å². The molecule has 14 heteroatoms. The Hall–Kier alpha value is -4.85. The van der Waals surface area contributed by atoms with Crippen molar-refractivity contribution < 1.29 is 38.5 Å². The van der Waals surface area contributed by atoms with Gasteiger partial charge in [0.1, 0.15) is 23.2 Å². The molecule has 206 valence electrons. The molecular weight excluding hydrogens is 530 g/mol. The van der Waals surface area contributed by atoms with Crippen molar-refractivity contribution in [3.63, 3.8) is 0 Å². The molecule has 3 rings (SSSR count). The molecule has 0 bridgehead atoms. The summed E-state index contributed by atoms with van der Waals surface area (Å²) in [6.07, 6.45) is 0. The van der Waals surface area contributed by atoms with Gasteiger partial charge in [0.15, 0.2) is 17.2 Å². The third-order valence-corrected chi connectivity index (χ3v) is 6.30. The number of aromatic nitrogens is 1. The fourth-order valence-corrected chi connectivity index (χ4v) is 4.38. The van der Waals surface area contributed by atoms with Crippen LogP contribution in [-0.4, -0.2) is 60.5 Å². The molecule has 0 fully saturated rings. The van der Waals surface area contributed by atoms with Crippen LogP contribution in [-0.2, 0) is 14.3 Å². The highest BCUT2D eigenvalue weighted by molar-refractivity contribution is 7.09. The highest BCUT2D eigenvalue weighted by Crippen LogP contribution is 2.38. The zero-order valence-electron chi connectivity index (χ0n) is 21.3. The molecule has 2 aromatic carbocycles. The second-order valence-corrected chi connectivity index (χ2v) is 8.64. The normalized spacial score (nSPS) is 11.3. The summed E-state index contributed by atoms with van der Waals surface area (Å²) in [5.74, 6) is -2.63. The van der Waals surface area contributed by atoms with Crippen LogP contribution in [0.5, 0.6) is 17.2 Å². The predicted molar refractivity (Wildman–Crippen MR) is 142 cm³/mol. The van der Waals surface area contributed by atoms with Crippen molar-refractivity contribution in [2.45, 2.75) is 13.0 Å². The number of nitrogen functional groups attached to an aromatic ring is 1. The molecule has 0 aliphatic heterocycles. The number of aromatic hydroxyl groups is 1. The molecule has 1 atom stereocenters. The fraction of sp³-hybridized carbons (Fsp3) is 0.240. The van der Waals surface area contributed by atoms with Gasteiger partial charge in [0.2, 0.25) is 5.91 Å². The second-order valence-electron chi connectivity index (χ2n) is 7.87. The lowest BCUT2D eigenvalue weighted by atomic mass is 10.0. The minimum Gasteiger partial charge on any atom is -0.508 e. The summed E-state index contributed by atoms with van der Waals surface area (Å²) >= 11 is 0.636. The first-order chi connectivity index (χ1) is 18.6. The molecule has 0 spiro atoms. The summed E-state index contributed by atoms with van der Waals surface area (Å²) in [5, 5.41) is 12.3. The summed E-state index contributed by atoms with van der Waals surface area (Å²) in [6.45, 7) is 1.26. The summed E-state index contributed by atoms with van der Waals surface area (Å²) in [6, 6.07) is 8.67. The number of primary amides is 1. The van der Waals surface area contributed by atoms with E-state index in [1.54, 1.807) is 6.92 Å². The van der Waals surface area contributed by atoms with Gasteiger partial charge in [0.25, 0.3) is 11.8 Å². The summed E-state index contributed by atoms with van der Waals surface area (Å²) in [5.41, 5.74) is 11.3. The number of nitrogens with two attached hydrogens (primary N) is 2. The summed E-state index contributed by atoms with van der Waals surface area (Å²) < 4.78 is 19.5. The van der Waals surface area contributed by atoms with Gasteiger partial charge in [-0.15, -0.1) is 0 Å². The Morgan fingerprint density at radius 3 is 2.31 bits per heavy atom. The molecule has 0 radical (unpaired) electrons. The average Bonchev–Trinajstić information content (AvgIpc) is 3.32. The number of hydrogen-bond acceptors (Lipinski definition) is 11. The summed E-state index contributed by atoms with van der Waals surface area (Å²) in [7, 11) is 2.84. The monoisotopic (exact) mass is 557 g/mol. The number of rotatable bonds is 11. The van der Waals surface area contributed by atoms with Crippen molar-refractivity contribution in [1.82, 2.24) is 9.69 Å². The second kappa shape index (κ2) is 12.6. The number of phenols is 1. The first-order valence-corrected chi connectivity index (χ1v) is 12.2. The van der Waals surface area contributed by atoms with Crippen LogP contribution in [0.4, 0.5) is 11.4 Å². The molecule has 13 nitrogen and oxygen atoms in total. The van der Waals surface area contributed by atoms with Gasteiger partial charge in [0.05, 0.1) is 26.5 Å². The van der Waals surface area contributed by atoms with Crippen LogP contribution in [0.1, 0.15) is 38.7 Å². The number of phenolic OH excluding ortho intramolecular Hbond substituents is 1. The van der Waals surface area contributed by atoms with Gasteiger partial charge in [0, 0.05) is 11.8 Å². The van der Waals surface area contributed by atoms with Crippen LogP contribution in [0.2, 0.25) is 0 Å². The Labute approximate surface area is 227 Å². The highest BCUT2D eigenvalue weighted by Gasteiger charge is 2.36. The van der Waals surface area contributed by atoms with Crippen molar-refractivity contribution in [3.05, 3.63) is 58.6 Å². The van der Waals surface area contributed by atoms with E-state index in [2.05, 4.69) is 9.69 Å². The minimum absolute atomic E-state index is 0.0776. The van der Waals surface area contributed by atoms with E-state index in [9.17, 15) is 24.3 Å². The largest absolute Gasteiger partial charge is 0.508 e. The van der Waals surface area contributed by atoms with Gasteiger partial charge in [-0.2, -0.15) is 4.37 Å². The Kier molecular flexibility index (Phi) is 9.28. The van der Waals surface area contributed by atoms with Crippen LogP contribution in [0, 0.1) is 0 Å². The maximum absolute atomic E-state index is 14.1. The zero-order valence-corrected chi connectivity index (χ0v) is 22.1. The molecule has 1 heterocycles. The van der Waals surface area contributed by atoms with Crippen molar-refractivity contribution in [2.24, 2.45) is 5.73 Å². The maximum atomic E-state index is 14.1. The molecule has 39 heavy (non-hydrogen) atoms. The number of anilines is 2. The number of nitrogens with one attached hydrogen (secondary N) is 1. The van der Waals surface area contributed by atoms with Crippen LogP contribution in [0.15, 0.2) is 42.5 Å². The Balaban J connectivity index is 2.22. The van der Waals surface area contributed by atoms with Gasteiger partial charge >= 0.3 is 5.97 Å². The van der Waals surface area contributed by atoms with Crippen molar-refractivity contribution in [2.75, 3.05) is 38.0 Å². The van der Waals surface area contributed by atoms with Crippen molar-refractivity contribution >= 4 is 46.6 Å². The number of esters is 1. The first-order valence-electron chi connectivity index (χ1n) is 11.5. The number of nitrogens with zero attached hydrogens (tertiary/aromatic N) is 2. The van der Waals surface area contributed by atoms with E-state index in [1.165, 1.54) is 56.7 Å². The SMILES string of the molecule is CCOC(=O)CNC(=O)[C@@H](c1ccc(O)cc1)N(C(=O)c1snc(C(N)=O)c1N)c1ccc(OC)c(OC)c1. The van der Waals surface area contributed by atoms with E-state index in [0.717, 1.165) is 4.90 Å². The molecule has 0 saturated heterocycles. The molecular formula is C25H27N5O8S. The average molecular weight is 558 g/mol. The van der Waals surface area contributed by atoms with Gasteiger partial charge in [-0.1, -0.05) is 12.1 Å². The molecule has 3 aromatic rings. The molecule has 0 aliphatic carbocycles. The van der Waals surface area contributed by atoms with Gasteiger partial charge in [-0.05, 0) is 48.3 Å². The number of methoxy groups -OCH3 is 2. The lowest BCUT2D eigenvalue weighted by molar-refractivity contribution is -0.143. The standard InChI is InChI=1S/C25H27N5O8S/c1-4-38-18(32)12-28-24(34)21(13-5-8-15(31)9-6-13)30(14-7-10-16(36-2)17(11-14)37-3)25(35)22-19(26)20(23(27)33)29-39-22/h5-11,21,31H,4,12,26H2,1-3H3,(H2,27,33)(H,28,34)/t21-/m1/s1. The number of hydrogen-bond donors (Lipinski definition) is 4.